The topological polar surface area (TPSA) is 95.1 Å². The number of nitrogens with one attached hydrogen (secondary N) is 2. The van der Waals surface area contributed by atoms with E-state index >= 15 is 0 Å². The molecule has 0 aliphatic carbocycles. The summed E-state index contributed by atoms with van der Waals surface area (Å²) in [6.07, 6.45) is 0. The molecule has 0 radical (unpaired) electrons. The van der Waals surface area contributed by atoms with E-state index in [1.165, 1.54) is 18.2 Å². The van der Waals surface area contributed by atoms with Gasteiger partial charge in [-0.15, -0.1) is 0 Å². The lowest BCUT2D eigenvalue weighted by Gasteiger charge is -2.03. The van der Waals surface area contributed by atoms with Gasteiger partial charge in [-0.2, -0.15) is 5.10 Å². The van der Waals surface area contributed by atoms with E-state index in [4.69, 9.17) is 5.11 Å². The number of hydrogen-bond donors (Lipinski definition) is 3. The summed E-state index contributed by atoms with van der Waals surface area (Å²) in [7, 11) is 0. The van der Waals surface area contributed by atoms with E-state index in [-0.39, 0.29) is 17.1 Å². The van der Waals surface area contributed by atoms with Crippen LogP contribution in [0.4, 0.5) is 10.2 Å². The van der Waals surface area contributed by atoms with E-state index < -0.39 is 17.7 Å². The molecule has 1 heterocycles. The number of carbonyl (C=O) groups excluding carboxylic acids is 1. The van der Waals surface area contributed by atoms with Crippen LogP contribution < -0.4 is 5.32 Å². The molecule has 0 saturated carbocycles. The summed E-state index contributed by atoms with van der Waals surface area (Å²) in [5.41, 5.74) is 0.599. The first-order valence-electron chi connectivity index (χ1n) is 5.33. The number of benzene rings is 1. The number of aromatic carboxylic acids is 1. The van der Waals surface area contributed by atoms with E-state index in [0.717, 1.165) is 6.07 Å². The molecule has 0 aliphatic heterocycles. The largest absolute Gasteiger partial charge is 0.477 e. The summed E-state index contributed by atoms with van der Waals surface area (Å²) < 4.78 is 13.2. The van der Waals surface area contributed by atoms with Gasteiger partial charge in [0, 0.05) is 11.6 Å². The molecule has 0 spiro atoms. The number of aromatic amines is 1. The third-order valence-corrected chi connectivity index (χ3v) is 2.35. The molecule has 0 fully saturated rings. The number of amides is 1. The van der Waals surface area contributed by atoms with Crippen LogP contribution in [0, 0.1) is 12.7 Å². The van der Waals surface area contributed by atoms with Crippen molar-refractivity contribution in [2.75, 3.05) is 5.32 Å². The first-order chi connectivity index (χ1) is 8.95. The van der Waals surface area contributed by atoms with Crippen LogP contribution in [0.3, 0.4) is 0 Å². The maximum atomic E-state index is 13.2. The molecule has 2 aromatic rings. The highest BCUT2D eigenvalue weighted by Gasteiger charge is 2.12. The smallest absolute Gasteiger partial charge is 0.353 e. The zero-order valence-electron chi connectivity index (χ0n) is 9.90. The van der Waals surface area contributed by atoms with Crippen LogP contribution in [0.2, 0.25) is 0 Å². The van der Waals surface area contributed by atoms with Crippen molar-refractivity contribution < 1.29 is 19.1 Å². The van der Waals surface area contributed by atoms with Crippen molar-refractivity contribution in [2.24, 2.45) is 0 Å². The number of nitrogens with zero attached hydrogens (tertiary/aromatic N) is 1. The zero-order chi connectivity index (χ0) is 14.0. The lowest BCUT2D eigenvalue weighted by Crippen LogP contribution is -2.12. The quantitative estimate of drug-likeness (QED) is 0.787. The van der Waals surface area contributed by atoms with Gasteiger partial charge in [-0.25, -0.2) is 9.18 Å². The fourth-order valence-electron chi connectivity index (χ4n) is 1.55. The Hall–Kier alpha value is -2.70. The second-order valence-corrected chi connectivity index (χ2v) is 3.94. The van der Waals surface area contributed by atoms with Gasteiger partial charge in [0.2, 0.25) is 0 Å². The summed E-state index contributed by atoms with van der Waals surface area (Å²) in [4.78, 5) is 22.4. The molecule has 3 N–H and O–H groups in total. The molecule has 1 amide bonds. The molecule has 0 unspecified atom stereocenters. The Morgan fingerprint density at radius 1 is 1.32 bits per heavy atom. The van der Waals surface area contributed by atoms with Gasteiger partial charge >= 0.3 is 5.97 Å². The number of hydrogen-bond acceptors (Lipinski definition) is 3. The number of H-pyrrole nitrogens is 1. The van der Waals surface area contributed by atoms with Crippen molar-refractivity contribution in [3.63, 3.8) is 0 Å². The van der Waals surface area contributed by atoms with Crippen LogP contribution in [0.25, 0.3) is 0 Å². The minimum absolute atomic E-state index is 0.0596. The fraction of sp³-hybridized carbons (Fsp3) is 0.0833. The standard InChI is InChI=1S/C12H10FN3O3/c1-6-2-7(4-8(13)3-6)11(17)14-10-5-9(12(18)19)15-16-10/h2-5H,1H3,(H,18,19)(H2,14,15,16,17). The molecule has 1 aromatic carbocycles. The van der Waals surface area contributed by atoms with E-state index in [1.54, 1.807) is 6.92 Å². The fourth-order valence-corrected chi connectivity index (χ4v) is 1.55. The van der Waals surface area contributed by atoms with Crippen molar-refractivity contribution in [1.82, 2.24) is 10.2 Å². The number of rotatable bonds is 3. The number of carboxylic acid groups (broad SMARTS) is 1. The third-order valence-electron chi connectivity index (χ3n) is 2.35. The first kappa shape index (κ1) is 12.7. The van der Waals surface area contributed by atoms with E-state index in [2.05, 4.69) is 15.5 Å². The summed E-state index contributed by atoms with van der Waals surface area (Å²) in [6, 6.07) is 5.08. The van der Waals surface area contributed by atoms with Crippen molar-refractivity contribution in [3.8, 4) is 0 Å². The highest BCUT2D eigenvalue weighted by Crippen LogP contribution is 2.11. The van der Waals surface area contributed by atoms with Gasteiger partial charge in [0.25, 0.3) is 5.91 Å². The highest BCUT2D eigenvalue weighted by molar-refractivity contribution is 6.04. The summed E-state index contributed by atoms with van der Waals surface area (Å²) in [5.74, 6) is -2.21. The molecular formula is C12H10FN3O3. The van der Waals surface area contributed by atoms with Gasteiger partial charge in [0.05, 0.1) is 0 Å². The van der Waals surface area contributed by atoms with Crippen molar-refractivity contribution in [3.05, 3.63) is 46.9 Å². The molecule has 0 saturated heterocycles. The van der Waals surface area contributed by atoms with Crippen LogP contribution in [-0.4, -0.2) is 27.2 Å². The molecule has 0 aliphatic rings. The minimum atomic E-state index is -1.19. The molecular weight excluding hydrogens is 253 g/mol. The number of halogens is 1. The first-order valence-corrected chi connectivity index (χ1v) is 5.33. The van der Waals surface area contributed by atoms with Crippen LogP contribution in [0.1, 0.15) is 26.4 Å². The lowest BCUT2D eigenvalue weighted by molar-refractivity contribution is 0.0690. The van der Waals surface area contributed by atoms with Gasteiger partial charge in [-0.1, -0.05) is 0 Å². The predicted molar refractivity (Wildman–Crippen MR) is 64.6 cm³/mol. The van der Waals surface area contributed by atoms with Crippen molar-refractivity contribution >= 4 is 17.7 Å². The molecule has 0 atom stereocenters. The molecule has 7 heteroatoms. The second-order valence-electron chi connectivity index (χ2n) is 3.94. The average molecular weight is 263 g/mol. The minimum Gasteiger partial charge on any atom is -0.477 e. The Morgan fingerprint density at radius 2 is 2.05 bits per heavy atom. The number of aryl methyl sites for hydroxylation is 1. The zero-order valence-corrected chi connectivity index (χ0v) is 9.90. The Morgan fingerprint density at radius 3 is 2.63 bits per heavy atom. The molecule has 19 heavy (non-hydrogen) atoms. The normalized spacial score (nSPS) is 10.2. The summed E-state index contributed by atoms with van der Waals surface area (Å²) in [6.45, 7) is 1.66. The lowest BCUT2D eigenvalue weighted by atomic mass is 10.1. The van der Waals surface area contributed by atoms with E-state index in [1.807, 2.05) is 0 Å². The summed E-state index contributed by atoms with van der Waals surface area (Å²) >= 11 is 0. The Bertz CT molecular complexity index is 631. The van der Waals surface area contributed by atoms with Crippen molar-refractivity contribution in [1.29, 1.82) is 0 Å². The van der Waals surface area contributed by atoms with E-state index in [0.29, 0.717) is 5.56 Å². The highest BCUT2D eigenvalue weighted by atomic mass is 19.1. The van der Waals surface area contributed by atoms with Crippen LogP contribution in [0.15, 0.2) is 24.3 Å². The third kappa shape index (κ3) is 2.95. The molecule has 98 valence electrons. The predicted octanol–water partition coefficient (Wildman–Crippen LogP) is 1.81. The van der Waals surface area contributed by atoms with Gasteiger partial charge in [-0.3, -0.25) is 9.89 Å². The maximum Gasteiger partial charge on any atom is 0.353 e. The average Bonchev–Trinajstić information content (AvgIpc) is 2.76. The molecule has 0 bridgehead atoms. The molecule has 1 aromatic heterocycles. The molecule has 6 nitrogen and oxygen atoms in total. The monoisotopic (exact) mass is 263 g/mol. The number of carboxylic acids is 1. The van der Waals surface area contributed by atoms with Gasteiger partial charge in [-0.05, 0) is 30.7 Å². The number of aromatic nitrogens is 2. The second kappa shape index (κ2) is 4.89. The number of anilines is 1. The van der Waals surface area contributed by atoms with Crippen LogP contribution in [0.5, 0.6) is 0 Å². The van der Waals surface area contributed by atoms with Crippen LogP contribution in [-0.2, 0) is 0 Å². The Labute approximate surface area is 107 Å². The van der Waals surface area contributed by atoms with Gasteiger partial charge in [0.1, 0.15) is 11.5 Å². The Kier molecular flexibility index (Phi) is 3.28. The maximum absolute atomic E-state index is 13.2. The molecule has 2 rings (SSSR count). The SMILES string of the molecule is Cc1cc(F)cc(C(=O)Nc2cc(C(=O)O)[nH]n2)c1. The summed E-state index contributed by atoms with van der Waals surface area (Å²) in [5, 5.41) is 16.9. The van der Waals surface area contributed by atoms with Gasteiger partial charge in [0.15, 0.2) is 5.82 Å². The van der Waals surface area contributed by atoms with E-state index in [9.17, 15) is 14.0 Å². The Balaban J connectivity index is 2.18. The van der Waals surface area contributed by atoms with Crippen LogP contribution >= 0.6 is 0 Å². The van der Waals surface area contributed by atoms with Crippen molar-refractivity contribution in [2.45, 2.75) is 6.92 Å². The number of carbonyl (C=O) groups is 2. The van der Waals surface area contributed by atoms with Gasteiger partial charge < -0.3 is 10.4 Å².